The first-order valence-corrected chi connectivity index (χ1v) is 51.6. The molecule has 1 fully saturated rings. The van der Waals surface area contributed by atoms with Gasteiger partial charge in [0.1, 0.15) is 17.2 Å². The van der Waals surface area contributed by atoms with E-state index >= 15 is 0 Å². The van der Waals surface area contributed by atoms with Gasteiger partial charge in [-0.15, -0.1) is 40.8 Å². The molecular formula is C116H147N21O7. The smallest absolute Gasteiger partial charge is 0.359 e. The summed E-state index contributed by atoms with van der Waals surface area (Å²) in [4.78, 5) is 25.1. The predicted molar refractivity (Wildman–Crippen MR) is 577 cm³/mol. The number of aliphatic hydroxyl groups excluding tert-OH is 1. The quantitative estimate of drug-likeness (QED) is 0.0352. The number of hydrogen-bond acceptors (Lipinski definition) is 24. The molecule has 1 N–H and O–H groups in total. The van der Waals surface area contributed by atoms with Crippen molar-refractivity contribution in [1.29, 1.82) is 0 Å². The summed E-state index contributed by atoms with van der Waals surface area (Å²) >= 11 is 0. The van der Waals surface area contributed by atoms with Gasteiger partial charge in [-0.2, -0.15) is 38.5 Å². The number of esters is 1. The number of nitrogens with zero attached hydrogens (tertiary/aromatic N) is 21. The van der Waals surface area contributed by atoms with E-state index in [1.807, 2.05) is 80.3 Å². The summed E-state index contributed by atoms with van der Waals surface area (Å²) in [5.74, 6) is 3.80. The zero-order chi connectivity index (χ0) is 102. The molecule has 12 heterocycles. The van der Waals surface area contributed by atoms with Gasteiger partial charge in [0.2, 0.25) is 0 Å². The first-order chi connectivity index (χ1) is 69.1. The second-order valence-corrected chi connectivity index (χ2v) is 42.6. The van der Waals surface area contributed by atoms with Crippen molar-refractivity contribution in [3.8, 4) is 45.5 Å². The van der Waals surface area contributed by atoms with Crippen molar-refractivity contribution in [2.45, 2.75) is 237 Å². The maximum atomic E-state index is 13.0. The number of anilines is 4. The van der Waals surface area contributed by atoms with Gasteiger partial charge in [-0.05, 0) is 249 Å². The highest BCUT2D eigenvalue weighted by Crippen LogP contribution is 2.52. The van der Waals surface area contributed by atoms with E-state index in [1.54, 1.807) is 25.8 Å². The lowest BCUT2D eigenvalue weighted by Crippen LogP contribution is -2.45. The fourth-order valence-electron chi connectivity index (χ4n) is 20.5. The molecule has 144 heavy (non-hydrogen) atoms. The van der Waals surface area contributed by atoms with Crippen LogP contribution in [0, 0.1) is 20.8 Å². The van der Waals surface area contributed by atoms with Crippen LogP contribution in [0.25, 0.3) is 80.9 Å². The van der Waals surface area contributed by atoms with Gasteiger partial charge in [0.25, 0.3) is 0 Å². The molecular weight excluding hydrogens is 1800 g/mol. The molecule has 19 rings (SSSR count). The zero-order valence-electron chi connectivity index (χ0n) is 89.3. The van der Waals surface area contributed by atoms with Crippen molar-refractivity contribution in [3.05, 3.63) is 244 Å². The molecule has 0 aliphatic carbocycles. The third-order valence-electron chi connectivity index (χ3n) is 28.9. The molecule has 0 unspecified atom stereocenters. The molecule has 28 heteroatoms. The molecule has 8 aromatic heterocycles. The molecule has 0 radical (unpaired) electrons. The summed E-state index contributed by atoms with van der Waals surface area (Å²) in [7, 11) is 5.02. The molecule has 15 aromatic rings. The number of methoxy groups -OCH3 is 3. The maximum absolute atomic E-state index is 13.0. The summed E-state index contributed by atoms with van der Waals surface area (Å²) < 4.78 is 35.0. The van der Waals surface area contributed by atoms with Crippen LogP contribution in [-0.4, -0.2) is 208 Å². The van der Waals surface area contributed by atoms with Crippen molar-refractivity contribution in [3.63, 3.8) is 0 Å². The Hall–Kier alpha value is -13.2. The molecule has 28 nitrogen and oxygen atoms in total. The van der Waals surface area contributed by atoms with Gasteiger partial charge >= 0.3 is 5.97 Å². The number of benzene rings is 7. The van der Waals surface area contributed by atoms with E-state index in [2.05, 4.69) is 307 Å². The number of para-hydroxylation sites is 1. The Bertz CT molecular complexity index is 7330. The standard InChI is InChI=1S/C34H43N5O2.C29H27N5O2.C27H41N5O.C26H36N6O2/c1-20-22(18-25-28-27(20)34(7,8)13-15-38(28)14-12-33(25,5)6)17-24-29(32(2,3)4)37-39-30(35-36-31(24)39)23-16-21(19-40)10-11-26(23)41-9;1-20-18-23(33-14-16-36-17-15-33)13-12-22(20)19-25-27(21-8-4-3-5-9-21)32-34-28(30-31-29(25)34)24-10-6-7-11-26(24)35-2;1-10-12-15-31(11-2)21-14-13-20(19(3)16-21)17-22-23(26(4,5)6)30-32-24(22)28-29-25(32)27(7,8)18-33-9;1-5-9-15-34-26(33)24-21(25-28-27-23(32(25)29-24)18-30(6-2)7-3)17-19-12-13-22-20(16-19)11-10-14-31(22)8-4/h10-11,16-18,40H,12-15,19H2,1-9H3;3-13,18-19H,14-17H2,1-2H3;13-14,16-17H,10-12,15,18H2,1-9H3;12-13,16-17H,5-11,14-15,18H2,1-4H3/b24-17-;25-19-;22-17-;21-17-. The number of morpholine rings is 1. The van der Waals surface area contributed by atoms with Crippen molar-refractivity contribution in [2.24, 2.45) is 0 Å². The molecule has 0 atom stereocenters. The van der Waals surface area contributed by atoms with Gasteiger partial charge in [-0.25, -0.2) is 4.79 Å². The van der Waals surface area contributed by atoms with Crippen LogP contribution < -0.4 is 49.9 Å². The summed E-state index contributed by atoms with van der Waals surface area (Å²) in [5.41, 5.74) is 26.9. The summed E-state index contributed by atoms with van der Waals surface area (Å²) in [6.45, 7) is 59.7. The first-order valence-electron chi connectivity index (χ1n) is 51.6. The average molecular weight is 1950 g/mol. The second kappa shape index (κ2) is 43.8. The van der Waals surface area contributed by atoms with Gasteiger partial charge in [-0.1, -0.05) is 190 Å². The number of carbonyl (C=O) groups is 1. The Labute approximate surface area is 848 Å². The molecule has 4 aliphatic heterocycles. The van der Waals surface area contributed by atoms with E-state index in [9.17, 15) is 9.90 Å². The third kappa shape index (κ3) is 21.5. The van der Waals surface area contributed by atoms with Crippen LogP contribution in [0.3, 0.4) is 0 Å². The maximum Gasteiger partial charge on any atom is 0.359 e. The van der Waals surface area contributed by atoms with Crippen molar-refractivity contribution >= 4 is 75.6 Å². The molecule has 0 bridgehead atoms. The van der Waals surface area contributed by atoms with Crippen LogP contribution in [0.5, 0.6) is 11.5 Å². The fraction of sp³-hybridized carbons (Fsp3) is 0.457. The molecule has 0 spiro atoms. The van der Waals surface area contributed by atoms with Gasteiger partial charge in [-0.3, -0.25) is 4.90 Å². The Morgan fingerprint density at radius 2 is 1.16 bits per heavy atom. The minimum absolute atomic E-state index is 0.0658. The highest BCUT2D eigenvalue weighted by molar-refractivity contribution is 5.90. The number of aryl methyl sites for hydroxylation is 3. The monoisotopic (exact) mass is 1950 g/mol. The van der Waals surface area contributed by atoms with E-state index in [0.29, 0.717) is 59.4 Å². The summed E-state index contributed by atoms with van der Waals surface area (Å²) in [6, 6.07) is 45.9. The number of aliphatic hydroxyl groups is 1. The normalized spacial score (nSPS) is 15.2. The van der Waals surface area contributed by atoms with Gasteiger partial charge in [0.05, 0.1) is 86.9 Å². The number of ether oxygens (including phenoxy) is 5. The lowest BCUT2D eigenvalue weighted by atomic mass is 9.67. The summed E-state index contributed by atoms with van der Waals surface area (Å²) in [5, 5.41) is 69.5. The average Bonchev–Trinajstić information content (AvgIpc) is 1.12. The highest BCUT2D eigenvalue weighted by atomic mass is 16.5. The number of fused-ring (bicyclic) bond motifs is 5. The third-order valence-corrected chi connectivity index (χ3v) is 28.9. The van der Waals surface area contributed by atoms with Crippen molar-refractivity contribution < 1.29 is 33.6 Å². The van der Waals surface area contributed by atoms with Crippen LogP contribution in [-0.2, 0) is 60.9 Å². The molecule has 4 aliphatic rings. The number of carbonyl (C=O) groups excluding carboxylic acids is 1. The van der Waals surface area contributed by atoms with Crippen LogP contribution in [0.4, 0.5) is 22.7 Å². The molecule has 7 aromatic carbocycles. The topological polar surface area (TPSA) is 272 Å². The second-order valence-electron chi connectivity index (χ2n) is 42.6. The predicted octanol–water partition coefficient (Wildman–Crippen LogP) is 17.8. The fourth-order valence-corrected chi connectivity index (χ4v) is 20.5. The number of hydrogen-bond donors (Lipinski definition) is 1. The Balaban J connectivity index is 0.000000138. The SMILES string of the molecule is CCCCN(CC)c1ccc(/C=c2/c(C(C)(C)C)nn3c(C(C)(C)COC)nnc23)c(C)c1.CCCCOC(=O)c1nn2c(CN(CC)CC)nnc2/c1=C\c1ccc2c(c1)CCCN2CC.COc1ccc(CO)cc1-c1nnc2/c(=C\c3cc4c5c(c3C)C(C)(C)CCN5CCC4(C)C)c(C(C)(C)C)nn12.COc1ccccc1-c1nnc2/c(=C\c3ccc(N4CCOCC4)cc3C)c(-c3ccccc3)nn12. The minimum Gasteiger partial charge on any atom is -0.496 e. The van der Waals surface area contributed by atoms with Crippen LogP contribution in [0.1, 0.15) is 264 Å². The first kappa shape index (κ1) is 104. The van der Waals surface area contributed by atoms with Gasteiger partial charge in [0.15, 0.2) is 51.6 Å². The highest BCUT2D eigenvalue weighted by Gasteiger charge is 2.42. The number of unbranched alkanes of at least 4 members (excludes halogenated alkanes) is 2. The Kier molecular flexibility index (Phi) is 31.5. The van der Waals surface area contributed by atoms with Crippen LogP contribution in [0.2, 0.25) is 0 Å². The van der Waals surface area contributed by atoms with E-state index in [-0.39, 0.29) is 33.7 Å². The number of aromatic nitrogens is 16. The van der Waals surface area contributed by atoms with E-state index in [1.165, 1.54) is 80.1 Å². The molecule has 758 valence electrons. The van der Waals surface area contributed by atoms with Gasteiger partial charge < -0.3 is 48.4 Å². The van der Waals surface area contributed by atoms with E-state index in [4.69, 9.17) is 39.0 Å². The molecule has 0 amide bonds. The lowest BCUT2D eigenvalue weighted by Gasteiger charge is -2.49. The van der Waals surface area contributed by atoms with E-state index in [0.717, 1.165) is 212 Å². The van der Waals surface area contributed by atoms with Crippen molar-refractivity contribution in [1.82, 2.24) is 84.1 Å². The molecule has 1 saturated heterocycles. The van der Waals surface area contributed by atoms with Gasteiger partial charge in [0, 0.05) is 114 Å². The Morgan fingerprint density at radius 3 is 1.81 bits per heavy atom. The Morgan fingerprint density at radius 1 is 0.549 bits per heavy atom. The zero-order valence-corrected chi connectivity index (χ0v) is 89.3. The molecule has 0 saturated carbocycles. The van der Waals surface area contributed by atoms with Crippen LogP contribution in [0.15, 0.2) is 133 Å². The van der Waals surface area contributed by atoms with Crippen LogP contribution >= 0.6 is 0 Å². The lowest BCUT2D eigenvalue weighted by molar-refractivity contribution is 0.0490. The van der Waals surface area contributed by atoms with E-state index < -0.39 is 5.97 Å². The van der Waals surface area contributed by atoms with Crippen molar-refractivity contribution in [2.75, 3.05) is 133 Å². The minimum atomic E-state index is -0.408. The summed E-state index contributed by atoms with van der Waals surface area (Å²) in [6.07, 6.45) is 17.4. The number of rotatable bonds is 28. The largest absolute Gasteiger partial charge is 0.496 e.